The summed E-state index contributed by atoms with van der Waals surface area (Å²) in [5.74, 6) is 0.342. The number of aliphatic hydroxyl groups excluding tert-OH is 1. The van der Waals surface area contributed by atoms with Crippen LogP contribution < -0.4 is 0 Å². The third kappa shape index (κ3) is 2.53. The van der Waals surface area contributed by atoms with E-state index < -0.39 is 11.0 Å². The number of imidazole rings is 1. The van der Waals surface area contributed by atoms with Gasteiger partial charge in [-0.15, -0.1) is 5.10 Å². The topological polar surface area (TPSA) is 112 Å². The second-order valence-electron chi connectivity index (χ2n) is 4.95. The predicted octanol–water partition coefficient (Wildman–Crippen LogP) is 0.906. The van der Waals surface area contributed by atoms with Gasteiger partial charge in [0.15, 0.2) is 5.82 Å². The molecule has 9 nitrogen and oxygen atoms in total. The molecule has 0 radical (unpaired) electrons. The van der Waals surface area contributed by atoms with Crippen molar-refractivity contribution in [1.82, 2.24) is 24.5 Å². The third-order valence-electron chi connectivity index (χ3n) is 3.42. The standard InChI is InChI=1S/C13H14N6O3/c1-9-14-6-13(19(21)22)17(9)7-10(20)8-18-12-5-3-2-4-11(12)15-16-18/h2-6,10,20H,7-8H2,1H3. The van der Waals surface area contributed by atoms with Crippen LogP contribution in [0.15, 0.2) is 30.5 Å². The summed E-state index contributed by atoms with van der Waals surface area (Å²) in [7, 11) is 0. The van der Waals surface area contributed by atoms with Crippen LogP contribution in [0, 0.1) is 17.0 Å². The molecule has 1 aromatic carbocycles. The van der Waals surface area contributed by atoms with Gasteiger partial charge in [0, 0.05) is 6.92 Å². The summed E-state index contributed by atoms with van der Waals surface area (Å²) in [6, 6.07) is 7.40. The Morgan fingerprint density at radius 1 is 1.36 bits per heavy atom. The molecule has 0 spiro atoms. The van der Waals surface area contributed by atoms with Crippen LogP contribution in [0.2, 0.25) is 0 Å². The number of fused-ring (bicyclic) bond motifs is 1. The van der Waals surface area contributed by atoms with E-state index in [0.717, 1.165) is 11.0 Å². The Morgan fingerprint density at radius 3 is 2.91 bits per heavy atom. The van der Waals surface area contributed by atoms with Crippen LogP contribution >= 0.6 is 0 Å². The summed E-state index contributed by atoms with van der Waals surface area (Å²) in [6.45, 7) is 1.91. The van der Waals surface area contributed by atoms with Crippen LogP contribution in [0.5, 0.6) is 0 Å². The van der Waals surface area contributed by atoms with Crippen molar-refractivity contribution in [2.45, 2.75) is 26.1 Å². The summed E-state index contributed by atoms with van der Waals surface area (Å²) < 4.78 is 2.96. The Hall–Kier alpha value is -2.81. The molecule has 114 valence electrons. The predicted molar refractivity (Wildman–Crippen MR) is 77.2 cm³/mol. The number of para-hydroxylation sites is 1. The van der Waals surface area contributed by atoms with E-state index in [4.69, 9.17) is 0 Å². The van der Waals surface area contributed by atoms with Gasteiger partial charge in [0.2, 0.25) is 0 Å². The van der Waals surface area contributed by atoms with E-state index in [9.17, 15) is 15.2 Å². The molecule has 1 unspecified atom stereocenters. The smallest absolute Gasteiger partial charge is 0.342 e. The minimum Gasteiger partial charge on any atom is -0.387 e. The van der Waals surface area contributed by atoms with Crippen LogP contribution in [0.3, 0.4) is 0 Å². The lowest BCUT2D eigenvalue weighted by Crippen LogP contribution is -2.24. The van der Waals surface area contributed by atoms with E-state index in [-0.39, 0.29) is 18.9 Å². The fourth-order valence-electron chi connectivity index (χ4n) is 2.35. The van der Waals surface area contributed by atoms with E-state index >= 15 is 0 Å². The molecule has 0 fully saturated rings. The zero-order valence-corrected chi connectivity index (χ0v) is 11.8. The highest BCUT2D eigenvalue weighted by Crippen LogP contribution is 2.15. The molecule has 0 aliphatic heterocycles. The first kappa shape index (κ1) is 14.1. The van der Waals surface area contributed by atoms with Crippen LogP contribution in [-0.2, 0) is 13.1 Å². The summed E-state index contributed by atoms with van der Waals surface area (Å²) in [6.07, 6.45) is 0.337. The molecule has 2 aromatic heterocycles. The average molecular weight is 302 g/mol. The van der Waals surface area contributed by atoms with Gasteiger partial charge in [0.1, 0.15) is 24.4 Å². The van der Waals surface area contributed by atoms with Gasteiger partial charge in [0.25, 0.3) is 0 Å². The van der Waals surface area contributed by atoms with Gasteiger partial charge in [0.05, 0.1) is 12.1 Å². The Morgan fingerprint density at radius 2 is 2.14 bits per heavy atom. The van der Waals surface area contributed by atoms with Crippen molar-refractivity contribution in [3.63, 3.8) is 0 Å². The average Bonchev–Trinajstić information content (AvgIpc) is 3.04. The maximum Gasteiger partial charge on any atom is 0.342 e. The van der Waals surface area contributed by atoms with Crippen molar-refractivity contribution in [3.05, 3.63) is 46.4 Å². The molecule has 22 heavy (non-hydrogen) atoms. The molecule has 0 aliphatic rings. The second-order valence-corrected chi connectivity index (χ2v) is 4.95. The summed E-state index contributed by atoms with van der Waals surface area (Å²) in [5, 5.41) is 29.2. The first-order valence-electron chi connectivity index (χ1n) is 6.69. The monoisotopic (exact) mass is 302 g/mol. The highest BCUT2D eigenvalue weighted by molar-refractivity contribution is 5.73. The van der Waals surface area contributed by atoms with Crippen LogP contribution in [0.4, 0.5) is 5.82 Å². The van der Waals surface area contributed by atoms with Crippen molar-refractivity contribution in [2.24, 2.45) is 0 Å². The van der Waals surface area contributed by atoms with E-state index in [1.807, 2.05) is 24.3 Å². The van der Waals surface area contributed by atoms with E-state index in [2.05, 4.69) is 15.3 Å². The van der Waals surface area contributed by atoms with E-state index in [0.29, 0.717) is 5.82 Å². The number of nitro groups is 1. The van der Waals surface area contributed by atoms with Crippen molar-refractivity contribution in [1.29, 1.82) is 0 Å². The molecule has 3 aromatic rings. The van der Waals surface area contributed by atoms with Crippen molar-refractivity contribution < 1.29 is 10.0 Å². The van der Waals surface area contributed by atoms with Crippen LogP contribution in [0.25, 0.3) is 11.0 Å². The molecule has 0 aliphatic carbocycles. The van der Waals surface area contributed by atoms with Crippen LogP contribution in [-0.4, -0.2) is 40.7 Å². The van der Waals surface area contributed by atoms with Gasteiger partial charge in [-0.1, -0.05) is 17.3 Å². The SMILES string of the molecule is Cc1ncc([N+](=O)[O-])n1CC(O)Cn1nnc2ccccc21. The number of hydrogen-bond acceptors (Lipinski definition) is 6. The van der Waals surface area contributed by atoms with E-state index in [1.54, 1.807) is 11.6 Å². The highest BCUT2D eigenvalue weighted by atomic mass is 16.6. The fourth-order valence-corrected chi connectivity index (χ4v) is 2.35. The second kappa shape index (κ2) is 5.53. The van der Waals surface area contributed by atoms with Gasteiger partial charge >= 0.3 is 5.82 Å². The number of nitrogens with zero attached hydrogens (tertiary/aromatic N) is 6. The molecule has 1 atom stereocenters. The minimum atomic E-state index is -0.850. The Balaban J connectivity index is 1.80. The molecule has 2 heterocycles. The molecule has 0 bridgehead atoms. The lowest BCUT2D eigenvalue weighted by atomic mass is 10.3. The van der Waals surface area contributed by atoms with Crippen molar-refractivity contribution in [2.75, 3.05) is 0 Å². The van der Waals surface area contributed by atoms with Gasteiger partial charge < -0.3 is 15.2 Å². The summed E-state index contributed by atoms with van der Waals surface area (Å²) >= 11 is 0. The quantitative estimate of drug-likeness (QED) is 0.553. The molecule has 3 rings (SSSR count). The Kier molecular flexibility index (Phi) is 3.55. The molecule has 0 amide bonds. The maximum atomic E-state index is 10.9. The van der Waals surface area contributed by atoms with Crippen LogP contribution in [0.1, 0.15) is 5.82 Å². The third-order valence-corrected chi connectivity index (χ3v) is 3.42. The first-order valence-corrected chi connectivity index (χ1v) is 6.69. The molecule has 1 N–H and O–H groups in total. The molecular formula is C13H14N6O3. The first-order chi connectivity index (χ1) is 10.6. The number of aryl methyl sites for hydroxylation is 1. The lowest BCUT2D eigenvalue weighted by molar-refractivity contribution is -0.392. The van der Waals surface area contributed by atoms with E-state index in [1.165, 1.54) is 10.8 Å². The zero-order valence-electron chi connectivity index (χ0n) is 11.8. The maximum absolute atomic E-state index is 10.9. The summed E-state index contributed by atoms with van der Waals surface area (Å²) in [4.78, 5) is 14.3. The van der Waals surface area contributed by atoms with Gasteiger partial charge in [-0.05, 0) is 17.1 Å². The molecule has 0 saturated carbocycles. The molecular weight excluding hydrogens is 288 g/mol. The number of rotatable bonds is 5. The fraction of sp³-hybridized carbons (Fsp3) is 0.308. The molecule has 9 heteroatoms. The highest BCUT2D eigenvalue weighted by Gasteiger charge is 2.21. The number of hydrogen-bond donors (Lipinski definition) is 1. The summed E-state index contributed by atoms with van der Waals surface area (Å²) in [5.41, 5.74) is 1.54. The van der Waals surface area contributed by atoms with Crippen molar-refractivity contribution >= 4 is 16.9 Å². The van der Waals surface area contributed by atoms with Gasteiger partial charge in [-0.3, -0.25) is 0 Å². The minimum absolute atomic E-state index is 0.0658. The number of aromatic nitrogens is 5. The van der Waals surface area contributed by atoms with Gasteiger partial charge in [-0.2, -0.15) is 0 Å². The number of benzene rings is 1. The normalized spacial score (nSPS) is 12.6. The molecule has 0 saturated heterocycles. The lowest BCUT2D eigenvalue weighted by Gasteiger charge is -2.10. The Labute approximate surface area is 125 Å². The van der Waals surface area contributed by atoms with Crippen molar-refractivity contribution in [3.8, 4) is 0 Å². The number of aliphatic hydroxyl groups is 1. The van der Waals surface area contributed by atoms with Gasteiger partial charge in [-0.25, -0.2) is 14.2 Å². The Bertz CT molecular complexity index is 824. The zero-order chi connectivity index (χ0) is 15.7. The largest absolute Gasteiger partial charge is 0.387 e.